The number of anilines is 2. The molecule has 0 saturated carbocycles. The fourth-order valence-corrected chi connectivity index (χ4v) is 3.26. The van der Waals surface area contributed by atoms with Crippen LogP contribution in [0.5, 0.6) is 5.75 Å². The minimum absolute atomic E-state index is 0.235. The predicted molar refractivity (Wildman–Crippen MR) is 113 cm³/mol. The third-order valence-electron chi connectivity index (χ3n) is 5.10. The van der Waals surface area contributed by atoms with Crippen LogP contribution in [0.25, 0.3) is 0 Å². The summed E-state index contributed by atoms with van der Waals surface area (Å²) in [6, 6.07) is 15.2. The number of amides is 1. The molecule has 1 N–H and O–H groups in total. The van der Waals surface area contributed by atoms with E-state index < -0.39 is 5.97 Å². The number of piperidine rings is 1. The predicted octanol–water partition coefficient (Wildman–Crippen LogP) is 3.79. The van der Waals surface area contributed by atoms with Gasteiger partial charge in [0, 0.05) is 24.5 Å². The first kappa shape index (κ1) is 20.7. The molecule has 29 heavy (non-hydrogen) atoms. The number of esters is 1. The monoisotopic (exact) mass is 396 g/mol. The highest BCUT2D eigenvalue weighted by Crippen LogP contribution is 2.24. The first-order chi connectivity index (χ1) is 14.0. The van der Waals surface area contributed by atoms with Crippen molar-refractivity contribution >= 4 is 23.3 Å². The van der Waals surface area contributed by atoms with E-state index in [0.717, 1.165) is 30.3 Å². The van der Waals surface area contributed by atoms with Gasteiger partial charge in [-0.15, -0.1) is 0 Å². The van der Waals surface area contributed by atoms with Crippen LogP contribution in [-0.4, -0.2) is 38.2 Å². The molecule has 0 aromatic heterocycles. The highest BCUT2D eigenvalue weighted by Gasteiger charge is 2.16. The largest absolute Gasteiger partial charge is 0.482 e. The summed E-state index contributed by atoms with van der Waals surface area (Å²) in [5.41, 5.74) is 2.77. The van der Waals surface area contributed by atoms with Gasteiger partial charge in [0.1, 0.15) is 5.75 Å². The van der Waals surface area contributed by atoms with Crippen LogP contribution in [0.3, 0.4) is 0 Å². The van der Waals surface area contributed by atoms with Gasteiger partial charge < -0.3 is 19.7 Å². The van der Waals surface area contributed by atoms with Crippen molar-refractivity contribution in [2.75, 3.05) is 36.5 Å². The van der Waals surface area contributed by atoms with Gasteiger partial charge in [-0.05, 0) is 61.6 Å². The maximum atomic E-state index is 12.0. The Labute approximate surface area is 171 Å². The summed E-state index contributed by atoms with van der Waals surface area (Å²) in [6.45, 7) is 5.73. The van der Waals surface area contributed by atoms with Crippen molar-refractivity contribution in [3.05, 3.63) is 54.1 Å². The molecule has 0 spiro atoms. The van der Waals surface area contributed by atoms with E-state index in [1.807, 2.05) is 49.4 Å². The smallest absolute Gasteiger partial charge is 0.344 e. The van der Waals surface area contributed by atoms with Gasteiger partial charge in [0.25, 0.3) is 5.91 Å². The summed E-state index contributed by atoms with van der Waals surface area (Å²) >= 11 is 0. The molecule has 0 atom stereocenters. The molecular weight excluding hydrogens is 368 g/mol. The Kier molecular flexibility index (Phi) is 7.11. The number of ether oxygens (including phenoxy) is 2. The lowest BCUT2D eigenvalue weighted by atomic mass is 9.99. The fraction of sp³-hybridized carbons (Fsp3) is 0.391. The van der Waals surface area contributed by atoms with Gasteiger partial charge in [-0.1, -0.05) is 25.1 Å². The second-order valence-corrected chi connectivity index (χ2v) is 7.48. The SMILES string of the molecule is Cc1ccccc1OCC(=O)OCC(=O)Nc1ccc(N2CCC(C)CC2)cc1. The highest BCUT2D eigenvalue weighted by molar-refractivity contribution is 5.93. The van der Waals surface area contributed by atoms with Gasteiger partial charge in [-0.25, -0.2) is 4.79 Å². The molecule has 2 aromatic rings. The van der Waals surface area contributed by atoms with Crippen LogP contribution in [0.2, 0.25) is 0 Å². The van der Waals surface area contributed by atoms with Crippen molar-refractivity contribution in [3.63, 3.8) is 0 Å². The summed E-state index contributed by atoms with van der Waals surface area (Å²) in [7, 11) is 0. The average molecular weight is 396 g/mol. The molecule has 2 aromatic carbocycles. The second-order valence-electron chi connectivity index (χ2n) is 7.48. The van der Waals surface area contributed by atoms with E-state index in [4.69, 9.17) is 9.47 Å². The van der Waals surface area contributed by atoms with E-state index in [2.05, 4.69) is 17.1 Å². The van der Waals surface area contributed by atoms with Crippen LogP contribution in [0.4, 0.5) is 11.4 Å². The Hall–Kier alpha value is -3.02. The third-order valence-corrected chi connectivity index (χ3v) is 5.10. The molecule has 1 fully saturated rings. The molecule has 1 aliphatic rings. The lowest BCUT2D eigenvalue weighted by molar-refractivity contribution is -0.149. The molecule has 0 bridgehead atoms. The zero-order chi connectivity index (χ0) is 20.6. The second kappa shape index (κ2) is 9.96. The molecule has 6 heteroatoms. The number of carbonyl (C=O) groups is 2. The lowest BCUT2D eigenvalue weighted by Gasteiger charge is -2.32. The van der Waals surface area contributed by atoms with Crippen LogP contribution >= 0.6 is 0 Å². The molecule has 1 aliphatic heterocycles. The lowest BCUT2D eigenvalue weighted by Crippen LogP contribution is -2.32. The third kappa shape index (κ3) is 6.24. The fourth-order valence-electron chi connectivity index (χ4n) is 3.26. The summed E-state index contributed by atoms with van der Waals surface area (Å²) in [6.07, 6.45) is 2.41. The first-order valence-electron chi connectivity index (χ1n) is 10.00. The van der Waals surface area contributed by atoms with E-state index in [1.54, 1.807) is 6.07 Å². The van der Waals surface area contributed by atoms with Crippen molar-refractivity contribution in [1.29, 1.82) is 0 Å². The Morgan fingerprint density at radius 1 is 1.03 bits per heavy atom. The molecule has 3 rings (SSSR count). The molecular formula is C23H28N2O4. The molecule has 1 amide bonds. The highest BCUT2D eigenvalue weighted by atomic mass is 16.6. The number of nitrogens with zero attached hydrogens (tertiary/aromatic N) is 1. The van der Waals surface area contributed by atoms with Crippen LogP contribution in [0.15, 0.2) is 48.5 Å². The average Bonchev–Trinajstić information content (AvgIpc) is 2.73. The van der Waals surface area contributed by atoms with Crippen molar-refractivity contribution in [2.45, 2.75) is 26.7 Å². The van der Waals surface area contributed by atoms with Crippen LogP contribution in [-0.2, 0) is 14.3 Å². The van der Waals surface area contributed by atoms with E-state index >= 15 is 0 Å². The zero-order valence-electron chi connectivity index (χ0n) is 17.0. The summed E-state index contributed by atoms with van der Waals surface area (Å²) in [4.78, 5) is 26.2. The summed E-state index contributed by atoms with van der Waals surface area (Å²) in [5, 5.41) is 2.74. The van der Waals surface area contributed by atoms with Gasteiger partial charge in [-0.3, -0.25) is 4.79 Å². The molecule has 154 valence electrons. The maximum absolute atomic E-state index is 12.0. The Balaban J connectivity index is 1.40. The Morgan fingerprint density at radius 3 is 2.41 bits per heavy atom. The van der Waals surface area contributed by atoms with Gasteiger partial charge in [0.15, 0.2) is 13.2 Å². The number of aryl methyl sites for hydroxylation is 1. The molecule has 1 saturated heterocycles. The first-order valence-corrected chi connectivity index (χ1v) is 10.00. The van der Waals surface area contributed by atoms with Crippen LogP contribution in [0, 0.1) is 12.8 Å². The number of para-hydroxylation sites is 1. The summed E-state index contributed by atoms with van der Waals surface area (Å²) < 4.78 is 10.4. The van der Waals surface area contributed by atoms with Crippen LogP contribution < -0.4 is 15.0 Å². The number of hydrogen-bond donors (Lipinski definition) is 1. The topological polar surface area (TPSA) is 67.9 Å². The molecule has 1 heterocycles. The Morgan fingerprint density at radius 2 is 1.72 bits per heavy atom. The molecule has 6 nitrogen and oxygen atoms in total. The van der Waals surface area contributed by atoms with Gasteiger partial charge >= 0.3 is 5.97 Å². The molecule has 0 radical (unpaired) electrons. The number of nitrogens with one attached hydrogen (secondary N) is 1. The van der Waals surface area contributed by atoms with Crippen LogP contribution in [0.1, 0.15) is 25.3 Å². The summed E-state index contributed by atoms with van der Waals surface area (Å²) in [5.74, 6) is 0.443. The van der Waals surface area contributed by atoms with E-state index in [0.29, 0.717) is 11.4 Å². The standard InChI is InChI=1S/C23H28N2O4/c1-17-11-13-25(14-12-17)20-9-7-19(8-10-20)24-22(26)15-29-23(27)16-28-21-6-4-3-5-18(21)2/h3-10,17H,11-16H2,1-2H3,(H,24,26). The van der Waals surface area contributed by atoms with Crippen molar-refractivity contribution in [1.82, 2.24) is 0 Å². The number of hydrogen-bond acceptors (Lipinski definition) is 5. The van der Waals surface area contributed by atoms with E-state index in [-0.39, 0.29) is 19.1 Å². The molecule has 0 aliphatic carbocycles. The van der Waals surface area contributed by atoms with Gasteiger partial charge in [-0.2, -0.15) is 0 Å². The normalized spacial score (nSPS) is 14.3. The van der Waals surface area contributed by atoms with Crippen molar-refractivity contribution in [2.24, 2.45) is 5.92 Å². The number of carbonyl (C=O) groups excluding carboxylic acids is 2. The van der Waals surface area contributed by atoms with Crippen molar-refractivity contribution < 1.29 is 19.1 Å². The van der Waals surface area contributed by atoms with E-state index in [1.165, 1.54) is 12.8 Å². The zero-order valence-corrected chi connectivity index (χ0v) is 17.0. The minimum Gasteiger partial charge on any atom is -0.482 e. The minimum atomic E-state index is -0.585. The van der Waals surface area contributed by atoms with Gasteiger partial charge in [0.05, 0.1) is 0 Å². The Bertz CT molecular complexity index is 827. The molecule has 0 unspecified atom stereocenters. The number of benzene rings is 2. The maximum Gasteiger partial charge on any atom is 0.344 e. The van der Waals surface area contributed by atoms with Gasteiger partial charge in [0.2, 0.25) is 0 Å². The van der Waals surface area contributed by atoms with E-state index in [9.17, 15) is 9.59 Å². The number of rotatable bonds is 7. The quantitative estimate of drug-likeness (QED) is 0.721. The van der Waals surface area contributed by atoms with Crippen molar-refractivity contribution in [3.8, 4) is 5.75 Å².